The van der Waals surface area contributed by atoms with Gasteiger partial charge in [0.15, 0.2) is 0 Å². The first-order valence-electron chi connectivity index (χ1n) is 31.4. The molecule has 2 aliphatic heterocycles. The molecule has 4 unspecified atom stereocenters. The molecule has 7 aliphatic carbocycles. The predicted molar refractivity (Wildman–Crippen MR) is 358 cm³/mol. The lowest BCUT2D eigenvalue weighted by Gasteiger charge is -2.62. The van der Waals surface area contributed by atoms with Gasteiger partial charge in [-0.15, -0.1) is 0 Å². The molecule has 498 valence electrons. The lowest BCUT2D eigenvalue weighted by Crippen LogP contribution is -2.59. The number of hydrogen-bond donors (Lipinski definition) is 0. The van der Waals surface area contributed by atoms with Crippen LogP contribution < -0.4 is 0 Å². The summed E-state index contributed by atoms with van der Waals surface area (Å²) in [6, 6.07) is 0. The molecule has 9 heteroatoms. The smallest absolute Gasteiger partial charge is 0.312 e. The van der Waals surface area contributed by atoms with E-state index in [4.69, 9.17) is 23.7 Å². The Kier molecular flexibility index (Phi) is 36.3. The van der Waals surface area contributed by atoms with E-state index in [-0.39, 0.29) is 133 Å². The standard InChI is InChI=1S/C20H34O2.C17H28O3.C15H28O2.C14H26O2.8CH4/c1-6-18(3,4)17(21)22-19(5,7-2)20-11-14-8-15(12-20)10-16(9-14)13-20;1-4-16(2,3)15(18)20-17(9-5-6-10-17)13-11-12-7-8-14(13)19-12;1-6-14(2,3)13(16)17-15(4,5)12-10-8-7-9-11-12;1-6-13(2,3)12(15)16-14(4,5)11-9-7-8-10-11;;;;;;;;/h14-16H,6-13H2,1-5H3;12-14H,4-11H2,1-3H3;12H,6-11H2,1-5H3;11H,6-10H2,1-5H3;8*1H4. The lowest BCUT2D eigenvalue weighted by atomic mass is 9.45. The Morgan fingerprint density at radius 3 is 1.06 bits per heavy atom. The number of ether oxygens (including phenoxy) is 5. The van der Waals surface area contributed by atoms with Crippen molar-refractivity contribution in [3.63, 3.8) is 0 Å². The fourth-order valence-electron chi connectivity index (χ4n) is 14.6. The molecular weight excluding hydrogens is 1030 g/mol. The normalized spacial score (nSPS) is 26.6. The van der Waals surface area contributed by atoms with E-state index in [9.17, 15) is 19.2 Å². The average molecular weight is 1180 g/mol. The second-order valence-corrected chi connectivity index (χ2v) is 29.8. The fraction of sp³-hybridized carbons (Fsp3) is 0.946. The van der Waals surface area contributed by atoms with Crippen LogP contribution >= 0.6 is 0 Å². The molecule has 0 aromatic heterocycles. The summed E-state index contributed by atoms with van der Waals surface area (Å²) in [5, 5.41) is 0. The predicted octanol–water partition coefficient (Wildman–Crippen LogP) is 22.5. The Hall–Kier alpha value is -2.16. The van der Waals surface area contributed by atoms with Gasteiger partial charge in [-0.1, -0.05) is 126 Å². The van der Waals surface area contributed by atoms with Crippen LogP contribution in [0.1, 0.15) is 357 Å². The van der Waals surface area contributed by atoms with Crippen LogP contribution in [0.25, 0.3) is 0 Å². The van der Waals surface area contributed by atoms with Gasteiger partial charge in [0.05, 0.1) is 33.9 Å². The fourth-order valence-corrected chi connectivity index (χ4v) is 14.6. The van der Waals surface area contributed by atoms with Gasteiger partial charge in [0.25, 0.3) is 0 Å². The quantitative estimate of drug-likeness (QED) is 0.104. The zero-order chi connectivity index (χ0) is 56.1. The molecule has 0 aromatic rings. The Labute approximate surface area is 519 Å². The average Bonchev–Trinajstić information content (AvgIpc) is 4.22. The molecule has 0 N–H and O–H groups in total. The molecule has 0 aromatic carbocycles. The van der Waals surface area contributed by atoms with E-state index in [1.54, 1.807) is 0 Å². The maximum Gasteiger partial charge on any atom is 0.312 e. The molecular formula is C74H148O9. The summed E-state index contributed by atoms with van der Waals surface area (Å²) in [5.41, 5.74) is -2.26. The second-order valence-electron chi connectivity index (χ2n) is 29.8. The van der Waals surface area contributed by atoms with Crippen LogP contribution in [0.4, 0.5) is 0 Å². The molecule has 9 aliphatic rings. The summed E-state index contributed by atoms with van der Waals surface area (Å²) in [6.45, 7) is 36.8. The third-order valence-electron chi connectivity index (χ3n) is 22.1. The zero-order valence-corrected chi connectivity index (χ0v) is 51.9. The number of esters is 4. The van der Waals surface area contributed by atoms with Gasteiger partial charge < -0.3 is 23.7 Å². The van der Waals surface area contributed by atoms with Crippen LogP contribution in [-0.4, -0.2) is 58.5 Å². The van der Waals surface area contributed by atoms with Crippen LogP contribution in [0, 0.1) is 62.6 Å². The van der Waals surface area contributed by atoms with E-state index < -0.39 is 0 Å². The third kappa shape index (κ3) is 21.0. The summed E-state index contributed by atoms with van der Waals surface area (Å²) in [6.07, 6.45) is 32.4. The summed E-state index contributed by atoms with van der Waals surface area (Å²) >= 11 is 0. The van der Waals surface area contributed by atoms with E-state index in [2.05, 4.69) is 55.4 Å². The first kappa shape index (κ1) is 87.3. The second kappa shape index (κ2) is 34.6. The maximum absolute atomic E-state index is 12.7. The van der Waals surface area contributed by atoms with Gasteiger partial charge in [0, 0.05) is 11.3 Å². The van der Waals surface area contributed by atoms with Crippen LogP contribution in [0.15, 0.2) is 0 Å². The van der Waals surface area contributed by atoms with Crippen molar-refractivity contribution in [3.05, 3.63) is 0 Å². The highest BCUT2D eigenvalue weighted by Crippen LogP contribution is 2.65. The highest BCUT2D eigenvalue weighted by atomic mass is 16.6. The van der Waals surface area contributed by atoms with Crippen molar-refractivity contribution in [2.45, 2.75) is 392 Å². The molecule has 0 spiro atoms. The largest absolute Gasteiger partial charge is 0.459 e. The Morgan fingerprint density at radius 1 is 0.410 bits per heavy atom. The summed E-state index contributed by atoms with van der Waals surface area (Å²) in [5.74, 6) is 4.12. The van der Waals surface area contributed by atoms with Crippen LogP contribution in [0.2, 0.25) is 0 Å². The van der Waals surface area contributed by atoms with Crippen molar-refractivity contribution in [2.75, 3.05) is 0 Å². The van der Waals surface area contributed by atoms with Crippen molar-refractivity contribution in [2.24, 2.45) is 62.6 Å². The van der Waals surface area contributed by atoms with Crippen molar-refractivity contribution >= 4 is 23.9 Å². The zero-order valence-electron chi connectivity index (χ0n) is 51.9. The summed E-state index contributed by atoms with van der Waals surface area (Å²) in [4.78, 5) is 49.5. The first-order chi connectivity index (χ1) is 34.8. The van der Waals surface area contributed by atoms with Crippen LogP contribution in [0.5, 0.6) is 0 Å². The molecule has 0 radical (unpaired) electrons. The minimum absolute atomic E-state index is 0. The summed E-state index contributed by atoms with van der Waals surface area (Å²) in [7, 11) is 0. The molecule has 6 bridgehead atoms. The minimum Gasteiger partial charge on any atom is -0.459 e. The van der Waals surface area contributed by atoms with Gasteiger partial charge in [-0.05, 0) is 261 Å². The third-order valence-corrected chi connectivity index (χ3v) is 22.1. The monoisotopic (exact) mass is 1180 g/mol. The van der Waals surface area contributed by atoms with Gasteiger partial charge in [0.1, 0.15) is 22.4 Å². The Bertz CT molecular complexity index is 1840. The van der Waals surface area contributed by atoms with E-state index in [1.807, 2.05) is 69.2 Å². The first-order valence-corrected chi connectivity index (χ1v) is 31.4. The molecule has 2 saturated heterocycles. The van der Waals surface area contributed by atoms with E-state index in [0.717, 1.165) is 75.5 Å². The molecule has 9 rings (SSSR count). The van der Waals surface area contributed by atoms with Gasteiger partial charge >= 0.3 is 23.9 Å². The van der Waals surface area contributed by atoms with Gasteiger partial charge in [0.2, 0.25) is 0 Å². The highest BCUT2D eigenvalue weighted by Gasteiger charge is 2.61. The molecule has 0 amide bonds. The van der Waals surface area contributed by atoms with Crippen LogP contribution in [-0.2, 0) is 42.9 Å². The number of rotatable bonds is 17. The lowest BCUT2D eigenvalue weighted by molar-refractivity contribution is -0.212. The number of hydrogen-bond acceptors (Lipinski definition) is 9. The van der Waals surface area contributed by atoms with Crippen molar-refractivity contribution in [1.29, 1.82) is 0 Å². The van der Waals surface area contributed by atoms with E-state index in [1.165, 1.54) is 116 Å². The van der Waals surface area contributed by atoms with Crippen LogP contribution in [0.3, 0.4) is 0 Å². The van der Waals surface area contributed by atoms with E-state index in [0.29, 0.717) is 30.0 Å². The van der Waals surface area contributed by atoms with Crippen molar-refractivity contribution in [3.8, 4) is 0 Å². The molecule has 83 heavy (non-hydrogen) atoms. The SMILES string of the molecule is C.C.C.C.C.C.C.C.CCC(C)(C)C(=O)OC(C)(C)C1CCCC1.CCC(C)(C)C(=O)OC(C)(C)C1CCCCC1.CCC(C)(C)C(=O)OC(C)(CC)C12CC3CC(CC(C3)C1)C2.CCC(C)(C)C(=O)OC1(C2CC3CCC2O3)CCCC1. The highest BCUT2D eigenvalue weighted by molar-refractivity contribution is 5.77. The molecule has 9 fully saturated rings. The molecule has 4 atom stereocenters. The van der Waals surface area contributed by atoms with Gasteiger partial charge in [-0.3, -0.25) is 19.2 Å². The summed E-state index contributed by atoms with van der Waals surface area (Å²) < 4.78 is 30.0. The molecule has 9 nitrogen and oxygen atoms in total. The Morgan fingerprint density at radius 2 is 0.747 bits per heavy atom. The minimum atomic E-state index is -0.367. The van der Waals surface area contributed by atoms with Crippen molar-refractivity contribution in [1.82, 2.24) is 0 Å². The molecule has 7 saturated carbocycles. The van der Waals surface area contributed by atoms with Gasteiger partial charge in [-0.2, -0.15) is 0 Å². The van der Waals surface area contributed by atoms with E-state index >= 15 is 0 Å². The van der Waals surface area contributed by atoms with Gasteiger partial charge in [-0.25, -0.2) is 0 Å². The topological polar surface area (TPSA) is 114 Å². The number of fused-ring (bicyclic) bond motifs is 2. The van der Waals surface area contributed by atoms with Crippen molar-refractivity contribution < 1.29 is 42.9 Å². The Balaban J connectivity index is -0.000000489. The maximum atomic E-state index is 12.7. The number of carbonyl (C=O) groups excluding carboxylic acids is 4. The molecule has 2 heterocycles. The number of carbonyl (C=O) groups is 4.